The van der Waals surface area contributed by atoms with Gasteiger partial charge in [0.05, 0.1) is 24.8 Å². The van der Waals surface area contributed by atoms with Crippen molar-refractivity contribution in [2.24, 2.45) is 0 Å². The molecule has 8 heteroatoms. The number of morpholine rings is 1. The summed E-state index contributed by atoms with van der Waals surface area (Å²) >= 11 is 0. The first-order chi connectivity index (χ1) is 20.0. The molecule has 1 N–H and O–H groups in total. The average molecular weight is 555 g/mol. The van der Waals surface area contributed by atoms with Crippen LogP contribution in [-0.4, -0.2) is 72.1 Å². The van der Waals surface area contributed by atoms with Gasteiger partial charge < -0.3 is 24.2 Å². The summed E-state index contributed by atoms with van der Waals surface area (Å²) in [5.41, 5.74) is 2.25. The SMILES string of the molecule is C[C@@H]1Cc2cc(C(O)=C3C(=O)C(=O)N(CCCN4CCOCC4)[C@@H]3c3cccc(Oc4ccccc4)c3)ccc2O1. The highest BCUT2D eigenvalue weighted by Gasteiger charge is 2.46. The summed E-state index contributed by atoms with van der Waals surface area (Å²) in [4.78, 5) is 30.9. The van der Waals surface area contributed by atoms with E-state index in [4.69, 9.17) is 14.2 Å². The largest absolute Gasteiger partial charge is 0.507 e. The number of carbonyl (C=O) groups excluding carboxylic acids is 2. The van der Waals surface area contributed by atoms with Crippen LogP contribution in [0.5, 0.6) is 17.2 Å². The molecule has 41 heavy (non-hydrogen) atoms. The number of amides is 1. The number of para-hydroxylation sites is 1. The van der Waals surface area contributed by atoms with Crippen molar-refractivity contribution < 1.29 is 28.9 Å². The zero-order chi connectivity index (χ0) is 28.3. The Morgan fingerprint density at radius 1 is 0.951 bits per heavy atom. The van der Waals surface area contributed by atoms with E-state index in [1.807, 2.05) is 73.7 Å². The van der Waals surface area contributed by atoms with Crippen LogP contribution < -0.4 is 9.47 Å². The molecule has 3 heterocycles. The molecule has 0 aliphatic carbocycles. The number of aliphatic hydroxyl groups is 1. The van der Waals surface area contributed by atoms with Crippen molar-refractivity contribution in [1.29, 1.82) is 0 Å². The molecule has 0 spiro atoms. The van der Waals surface area contributed by atoms with Crippen molar-refractivity contribution in [3.8, 4) is 17.2 Å². The van der Waals surface area contributed by atoms with Crippen molar-refractivity contribution in [2.45, 2.75) is 31.9 Å². The van der Waals surface area contributed by atoms with E-state index in [1.165, 1.54) is 0 Å². The zero-order valence-electron chi connectivity index (χ0n) is 23.1. The second-order valence-corrected chi connectivity index (χ2v) is 10.7. The highest BCUT2D eigenvalue weighted by molar-refractivity contribution is 6.46. The molecule has 2 fully saturated rings. The normalized spacial score (nSPS) is 22.0. The fourth-order valence-corrected chi connectivity index (χ4v) is 5.84. The molecule has 0 saturated carbocycles. The predicted octanol–water partition coefficient (Wildman–Crippen LogP) is 4.95. The molecule has 8 nitrogen and oxygen atoms in total. The molecular formula is C33H34N2O6. The third-order valence-electron chi connectivity index (χ3n) is 7.84. The molecule has 0 radical (unpaired) electrons. The summed E-state index contributed by atoms with van der Waals surface area (Å²) in [7, 11) is 0. The number of nitrogens with zero attached hydrogens (tertiary/aromatic N) is 2. The summed E-state index contributed by atoms with van der Waals surface area (Å²) in [5.74, 6) is 0.570. The van der Waals surface area contributed by atoms with Crippen LogP contribution in [0.4, 0.5) is 0 Å². The van der Waals surface area contributed by atoms with Gasteiger partial charge in [-0.15, -0.1) is 0 Å². The van der Waals surface area contributed by atoms with Gasteiger partial charge >= 0.3 is 0 Å². The number of aliphatic hydroxyl groups excluding tert-OH is 1. The Morgan fingerprint density at radius 2 is 1.73 bits per heavy atom. The zero-order valence-corrected chi connectivity index (χ0v) is 23.1. The molecule has 2 saturated heterocycles. The molecule has 1 amide bonds. The number of carbonyl (C=O) groups is 2. The Bertz CT molecular complexity index is 1460. The lowest BCUT2D eigenvalue weighted by molar-refractivity contribution is -0.140. The Balaban J connectivity index is 1.35. The summed E-state index contributed by atoms with van der Waals surface area (Å²) in [6.45, 7) is 6.25. The summed E-state index contributed by atoms with van der Waals surface area (Å²) in [5, 5.41) is 11.6. The second kappa shape index (κ2) is 11.8. The molecule has 0 unspecified atom stereocenters. The van der Waals surface area contributed by atoms with E-state index in [-0.39, 0.29) is 17.4 Å². The first-order valence-corrected chi connectivity index (χ1v) is 14.2. The van der Waals surface area contributed by atoms with Crippen LogP contribution in [0.2, 0.25) is 0 Å². The molecule has 212 valence electrons. The van der Waals surface area contributed by atoms with Crippen LogP contribution >= 0.6 is 0 Å². The second-order valence-electron chi connectivity index (χ2n) is 10.7. The molecule has 3 aliphatic rings. The van der Waals surface area contributed by atoms with E-state index in [1.54, 1.807) is 11.0 Å². The number of Topliss-reactive ketones (excluding diaryl/α,β-unsaturated/α-hetero) is 1. The standard InChI is InChI=1S/C33H34N2O6/c1-22-19-25-20-24(11-12-28(25)40-22)31(36)29-30(23-7-5-10-27(21-23)41-26-8-3-2-4-9-26)35(33(38)32(29)37)14-6-13-34-15-17-39-18-16-34/h2-5,7-12,20-22,30,36H,6,13-19H2,1H3/t22-,30-/m1/s1. The fourth-order valence-electron chi connectivity index (χ4n) is 5.84. The molecule has 3 aromatic rings. The molecule has 3 aromatic carbocycles. The lowest BCUT2D eigenvalue weighted by atomic mass is 9.94. The smallest absolute Gasteiger partial charge is 0.295 e. The number of hydrogen-bond donors (Lipinski definition) is 1. The summed E-state index contributed by atoms with van der Waals surface area (Å²) in [6.07, 6.45) is 1.46. The lowest BCUT2D eigenvalue weighted by Gasteiger charge is -2.29. The van der Waals surface area contributed by atoms with Crippen LogP contribution in [-0.2, 0) is 20.7 Å². The Kier molecular flexibility index (Phi) is 7.76. The van der Waals surface area contributed by atoms with Gasteiger partial charge in [-0.25, -0.2) is 0 Å². The molecule has 2 atom stereocenters. The number of benzene rings is 3. The highest BCUT2D eigenvalue weighted by atomic mass is 16.5. The molecule has 6 rings (SSSR count). The number of rotatable bonds is 8. The minimum absolute atomic E-state index is 0.0480. The number of ketones is 1. The number of ether oxygens (including phenoxy) is 3. The number of fused-ring (bicyclic) bond motifs is 1. The Labute approximate surface area is 239 Å². The Morgan fingerprint density at radius 3 is 2.54 bits per heavy atom. The van der Waals surface area contributed by atoms with Crippen LogP contribution in [0.1, 0.15) is 36.1 Å². The highest BCUT2D eigenvalue weighted by Crippen LogP contribution is 2.41. The minimum atomic E-state index is -0.748. The van der Waals surface area contributed by atoms with Gasteiger partial charge in [0.25, 0.3) is 11.7 Å². The Hall–Kier alpha value is -4.14. The van der Waals surface area contributed by atoms with Gasteiger partial charge in [-0.1, -0.05) is 30.3 Å². The minimum Gasteiger partial charge on any atom is -0.507 e. The van der Waals surface area contributed by atoms with E-state index in [0.29, 0.717) is 55.2 Å². The van der Waals surface area contributed by atoms with Crippen LogP contribution in [0.25, 0.3) is 5.76 Å². The quantitative estimate of drug-likeness (QED) is 0.240. The first-order valence-electron chi connectivity index (χ1n) is 14.2. The molecular weight excluding hydrogens is 520 g/mol. The van der Waals surface area contributed by atoms with Gasteiger partial charge in [0, 0.05) is 38.2 Å². The van der Waals surface area contributed by atoms with Crippen molar-refractivity contribution >= 4 is 17.4 Å². The first kappa shape index (κ1) is 27.1. The number of likely N-dealkylation sites (tertiary alicyclic amines) is 1. The van der Waals surface area contributed by atoms with E-state index >= 15 is 0 Å². The maximum absolute atomic E-state index is 13.5. The van der Waals surface area contributed by atoms with Gasteiger partial charge in [-0.2, -0.15) is 0 Å². The van der Waals surface area contributed by atoms with Crippen molar-refractivity contribution in [3.05, 3.63) is 95.1 Å². The van der Waals surface area contributed by atoms with Gasteiger partial charge in [-0.05, 0) is 66.9 Å². The predicted molar refractivity (Wildman–Crippen MR) is 154 cm³/mol. The third kappa shape index (κ3) is 5.71. The van der Waals surface area contributed by atoms with Crippen LogP contribution in [0, 0.1) is 0 Å². The maximum Gasteiger partial charge on any atom is 0.295 e. The van der Waals surface area contributed by atoms with Gasteiger partial charge in [-0.3, -0.25) is 14.5 Å². The monoisotopic (exact) mass is 554 g/mol. The number of hydrogen-bond acceptors (Lipinski definition) is 7. The van der Waals surface area contributed by atoms with Gasteiger partial charge in [0.1, 0.15) is 29.1 Å². The molecule has 0 aromatic heterocycles. The lowest BCUT2D eigenvalue weighted by Crippen LogP contribution is -2.38. The van der Waals surface area contributed by atoms with Crippen LogP contribution in [0.15, 0.2) is 78.4 Å². The van der Waals surface area contributed by atoms with Crippen LogP contribution in [0.3, 0.4) is 0 Å². The summed E-state index contributed by atoms with van der Waals surface area (Å²) in [6, 6.07) is 21.5. The molecule has 0 bridgehead atoms. The van der Waals surface area contributed by atoms with Crippen molar-refractivity contribution in [3.63, 3.8) is 0 Å². The van der Waals surface area contributed by atoms with Gasteiger partial charge in [0.2, 0.25) is 0 Å². The fraction of sp³-hybridized carbons (Fsp3) is 0.333. The average Bonchev–Trinajstić information content (AvgIpc) is 3.49. The van der Waals surface area contributed by atoms with E-state index in [0.717, 1.165) is 30.9 Å². The molecule has 3 aliphatic heterocycles. The van der Waals surface area contributed by atoms with E-state index in [2.05, 4.69) is 4.90 Å². The topological polar surface area (TPSA) is 88.5 Å². The third-order valence-corrected chi connectivity index (χ3v) is 7.84. The van der Waals surface area contributed by atoms with Crippen molar-refractivity contribution in [1.82, 2.24) is 9.80 Å². The summed E-state index contributed by atoms with van der Waals surface area (Å²) < 4.78 is 17.3. The van der Waals surface area contributed by atoms with E-state index in [9.17, 15) is 14.7 Å². The maximum atomic E-state index is 13.5. The van der Waals surface area contributed by atoms with Gasteiger partial charge in [0.15, 0.2) is 0 Å². The van der Waals surface area contributed by atoms with E-state index < -0.39 is 17.7 Å². The van der Waals surface area contributed by atoms with Crippen molar-refractivity contribution in [2.75, 3.05) is 39.4 Å².